The molecule has 0 bridgehead atoms. The molecule has 8 heteroatoms. The van der Waals surface area contributed by atoms with Gasteiger partial charge >= 0.3 is 0 Å². The molecule has 0 atom stereocenters. The van der Waals surface area contributed by atoms with Gasteiger partial charge in [-0.25, -0.2) is 4.39 Å². The van der Waals surface area contributed by atoms with Crippen molar-refractivity contribution in [3.63, 3.8) is 0 Å². The molecule has 1 aromatic carbocycles. The lowest BCUT2D eigenvalue weighted by Crippen LogP contribution is -2.23. The lowest BCUT2D eigenvalue weighted by molar-refractivity contribution is 0.0946. The van der Waals surface area contributed by atoms with Crippen molar-refractivity contribution in [3.05, 3.63) is 69.9 Å². The first-order valence-electron chi connectivity index (χ1n) is 7.85. The van der Waals surface area contributed by atoms with E-state index < -0.39 is 0 Å². The van der Waals surface area contributed by atoms with Crippen molar-refractivity contribution in [2.75, 3.05) is 6.54 Å². The molecular formula is C17H18FN5OS. The van der Waals surface area contributed by atoms with Gasteiger partial charge < -0.3 is 10.6 Å². The average molecular weight is 359 g/mol. The summed E-state index contributed by atoms with van der Waals surface area (Å²) in [5.74, 6) is -0.604. The third-order valence-electron chi connectivity index (χ3n) is 3.56. The largest absolute Gasteiger partial charge is 0.347 e. The van der Waals surface area contributed by atoms with E-state index in [1.165, 1.54) is 17.7 Å². The Kier molecular flexibility index (Phi) is 5.86. The zero-order chi connectivity index (χ0) is 17.5. The Morgan fingerprint density at radius 3 is 2.76 bits per heavy atom. The molecule has 0 fully saturated rings. The van der Waals surface area contributed by atoms with Gasteiger partial charge in [0.05, 0.1) is 12.7 Å². The molecule has 0 aliphatic heterocycles. The van der Waals surface area contributed by atoms with Gasteiger partial charge in [0.15, 0.2) is 5.69 Å². The number of hydrogen-bond donors (Lipinski definition) is 2. The monoisotopic (exact) mass is 359 g/mol. The first-order chi connectivity index (χ1) is 12.2. The fourth-order valence-corrected chi connectivity index (χ4v) is 2.88. The Bertz CT molecular complexity index is 801. The van der Waals surface area contributed by atoms with Crippen LogP contribution in [0.25, 0.3) is 0 Å². The summed E-state index contributed by atoms with van der Waals surface area (Å²) >= 11 is 1.67. The molecule has 2 N–H and O–H groups in total. The molecule has 0 spiro atoms. The number of amides is 1. The van der Waals surface area contributed by atoms with Crippen molar-refractivity contribution in [1.82, 2.24) is 25.6 Å². The molecule has 3 aromatic rings. The zero-order valence-corrected chi connectivity index (χ0v) is 14.3. The molecule has 6 nitrogen and oxygen atoms in total. The molecule has 25 heavy (non-hydrogen) atoms. The number of benzene rings is 1. The molecule has 2 aromatic heterocycles. The van der Waals surface area contributed by atoms with Crippen LogP contribution in [0.5, 0.6) is 0 Å². The molecular weight excluding hydrogens is 341 g/mol. The van der Waals surface area contributed by atoms with Crippen LogP contribution in [0, 0.1) is 5.82 Å². The predicted octanol–water partition coefficient (Wildman–Crippen LogP) is 2.20. The summed E-state index contributed by atoms with van der Waals surface area (Å²) in [4.78, 5) is 12.1. The number of aromatic nitrogens is 3. The lowest BCUT2D eigenvalue weighted by Gasteiger charge is -2.03. The Labute approximate surface area is 148 Å². The van der Waals surface area contributed by atoms with Gasteiger partial charge in [-0.05, 0) is 40.1 Å². The number of thiophene rings is 1. The summed E-state index contributed by atoms with van der Waals surface area (Å²) in [6, 6.07) is 8.07. The second-order valence-corrected chi connectivity index (χ2v) is 6.26. The maximum absolute atomic E-state index is 12.8. The van der Waals surface area contributed by atoms with Crippen LogP contribution in [0.3, 0.4) is 0 Å². The molecule has 1 amide bonds. The minimum Gasteiger partial charge on any atom is -0.347 e. The number of nitrogens with zero attached hydrogens (tertiary/aromatic N) is 3. The van der Waals surface area contributed by atoms with Gasteiger partial charge in [0, 0.05) is 19.6 Å². The van der Waals surface area contributed by atoms with Crippen molar-refractivity contribution in [1.29, 1.82) is 0 Å². The van der Waals surface area contributed by atoms with Crippen molar-refractivity contribution in [3.8, 4) is 0 Å². The van der Waals surface area contributed by atoms with E-state index in [0.717, 1.165) is 18.7 Å². The molecule has 0 saturated heterocycles. The smallest absolute Gasteiger partial charge is 0.273 e. The van der Waals surface area contributed by atoms with Gasteiger partial charge in [0.2, 0.25) is 0 Å². The third-order valence-corrected chi connectivity index (χ3v) is 4.30. The maximum Gasteiger partial charge on any atom is 0.273 e. The van der Waals surface area contributed by atoms with Crippen LogP contribution in [0.2, 0.25) is 0 Å². The highest BCUT2D eigenvalue weighted by molar-refractivity contribution is 7.07. The van der Waals surface area contributed by atoms with Crippen LogP contribution in [0.15, 0.2) is 47.3 Å². The van der Waals surface area contributed by atoms with Crippen LogP contribution in [0.1, 0.15) is 21.6 Å². The summed E-state index contributed by atoms with van der Waals surface area (Å²) in [6.45, 7) is 2.48. The number of halogens is 1. The van der Waals surface area contributed by atoms with Crippen molar-refractivity contribution in [2.45, 2.75) is 19.6 Å². The summed E-state index contributed by atoms with van der Waals surface area (Å²) in [6.07, 6.45) is 1.62. The SMILES string of the molecule is O=C(NCc1ccc(F)cc1)c1cn(CCNCc2ccsc2)nn1. The van der Waals surface area contributed by atoms with Crippen LogP contribution >= 0.6 is 11.3 Å². The molecule has 0 aliphatic rings. The number of carbonyl (C=O) groups excluding carboxylic acids is 1. The van der Waals surface area contributed by atoms with Gasteiger partial charge in [0.1, 0.15) is 5.82 Å². The highest BCUT2D eigenvalue weighted by atomic mass is 32.1. The normalized spacial score (nSPS) is 10.8. The van der Waals surface area contributed by atoms with Gasteiger partial charge in [-0.3, -0.25) is 9.48 Å². The van der Waals surface area contributed by atoms with Gasteiger partial charge in [-0.1, -0.05) is 17.3 Å². The highest BCUT2D eigenvalue weighted by Gasteiger charge is 2.10. The fourth-order valence-electron chi connectivity index (χ4n) is 2.21. The Balaban J connectivity index is 1.42. The van der Waals surface area contributed by atoms with E-state index in [2.05, 4.69) is 32.4 Å². The standard InChI is InChI=1S/C17H18FN5OS/c18-15-3-1-13(2-4-15)10-20-17(24)16-11-23(22-21-16)7-6-19-9-14-5-8-25-12-14/h1-5,8,11-12,19H,6-7,9-10H2,(H,20,24). The minimum absolute atomic E-state index is 0.264. The summed E-state index contributed by atoms with van der Waals surface area (Å²) in [5.41, 5.74) is 2.34. The van der Waals surface area contributed by atoms with E-state index >= 15 is 0 Å². The van der Waals surface area contributed by atoms with Crippen LogP contribution < -0.4 is 10.6 Å². The third kappa shape index (κ3) is 5.20. The maximum atomic E-state index is 12.8. The van der Waals surface area contributed by atoms with Crippen LogP contribution in [0.4, 0.5) is 4.39 Å². The zero-order valence-electron chi connectivity index (χ0n) is 13.5. The van der Waals surface area contributed by atoms with Crippen molar-refractivity contribution >= 4 is 17.2 Å². The lowest BCUT2D eigenvalue weighted by atomic mass is 10.2. The first kappa shape index (κ1) is 17.2. The summed E-state index contributed by atoms with van der Waals surface area (Å²) in [5, 5.41) is 18.0. The van der Waals surface area contributed by atoms with E-state index in [1.807, 2.05) is 5.38 Å². The number of rotatable bonds is 8. The number of carbonyl (C=O) groups is 1. The number of nitrogens with one attached hydrogen (secondary N) is 2. The first-order valence-corrected chi connectivity index (χ1v) is 8.79. The highest BCUT2D eigenvalue weighted by Crippen LogP contribution is 2.05. The van der Waals surface area contributed by atoms with E-state index in [4.69, 9.17) is 0 Å². The van der Waals surface area contributed by atoms with E-state index in [1.54, 1.807) is 34.3 Å². The fraction of sp³-hybridized carbons (Fsp3) is 0.235. The summed E-state index contributed by atoms with van der Waals surface area (Å²) in [7, 11) is 0. The molecule has 3 rings (SSSR count). The molecule has 2 heterocycles. The molecule has 0 saturated carbocycles. The van der Waals surface area contributed by atoms with Crippen LogP contribution in [-0.4, -0.2) is 27.4 Å². The number of hydrogen-bond acceptors (Lipinski definition) is 5. The average Bonchev–Trinajstić information content (AvgIpc) is 3.30. The van der Waals surface area contributed by atoms with E-state index in [-0.39, 0.29) is 17.4 Å². The summed E-state index contributed by atoms with van der Waals surface area (Å²) < 4.78 is 14.5. The van der Waals surface area contributed by atoms with E-state index in [9.17, 15) is 9.18 Å². The second-order valence-electron chi connectivity index (χ2n) is 5.48. The van der Waals surface area contributed by atoms with Gasteiger partial charge in [-0.2, -0.15) is 11.3 Å². The molecule has 130 valence electrons. The molecule has 0 aliphatic carbocycles. The van der Waals surface area contributed by atoms with Gasteiger partial charge in [0.25, 0.3) is 5.91 Å². The van der Waals surface area contributed by atoms with Crippen LogP contribution in [-0.2, 0) is 19.6 Å². The Morgan fingerprint density at radius 1 is 1.16 bits per heavy atom. The minimum atomic E-state index is -0.304. The Hall–Kier alpha value is -2.58. The van der Waals surface area contributed by atoms with Crippen molar-refractivity contribution in [2.24, 2.45) is 0 Å². The van der Waals surface area contributed by atoms with E-state index in [0.29, 0.717) is 13.1 Å². The predicted molar refractivity (Wildman–Crippen MR) is 93.6 cm³/mol. The van der Waals surface area contributed by atoms with Gasteiger partial charge in [-0.15, -0.1) is 5.10 Å². The Morgan fingerprint density at radius 2 is 2.00 bits per heavy atom. The quantitative estimate of drug-likeness (QED) is 0.605. The molecule has 0 unspecified atom stereocenters. The molecule has 0 radical (unpaired) electrons. The second kappa shape index (κ2) is 8.50. The topological polar surface area (TPSA) is 71.8 Å². The van der Waals surface area contributed by atoms with Crippen molar-refractivity contribution < 1.29 is 9.18 Å².